The van der Waals surface area contributed by atoms with E-state index in [1.54, 1.807) is 43.5 Å². The number of carbonyl (C=O) groups excluding carboxylic acids is 1. The van der Waals surface area contributed by atoms with Crippen molar-refractivity contribution < 1.29 is 13.9 Å². The highest BCUT2D eigenvalue weighted by Gasteiger charge is 2.16. The molecule has 0 amide bonds. The molecule has 6 heteroatoms. The molecule has 5 nitrogen and oxygen atoms in total. The Labute approximate surface area is 126 Å². The van der Waals surface area contributed by atoms with Gasteiger partial charge in [0.15, 0.2) is 12.0 Å². The standard InChI is InChI=1S/C16H12FN3O2/c1-22-14-8-6-13(7-9-14)20-16(15(10-21)18-19-20)11-2-4-12(17)5-3-11/h2-10H,1H3. The third kappa shape index (κ3) is 2.46. The Bertz CT molecular complexity index is 795. The van der Waals surface area contributed by atoms with E-state index in [-0.39, 0.29) is 11.5 Å². The number of ether oxygens (including phenoxy) is 1. The molecular formula is C16H12FN3O2. The summed E-state index contributed by atoms with van der Waals surface area (Å²) in [6.07, 6.45) is 0.631. The van der Waals surface area contributed by atoms with Crippen LogP contribution < -0.4 is 4.74 Å². The van der Waals surface area contributed by atoms with Gasteiger partial charge in [-0.3, -0.25) is 4.79 Å². The smallest absolute Gasteiger partial charge is 0.172 e. The van der Waals surface area contributed by atoms with Crippen LogP contribution in [0.4, 0.5) is 4.39 Å². The summed E-state index contributed by atoms with van der Waals surface area (Å²) in [5.74, 6) is 0.364. The Morgan fingerprint density at radius 1 is 1.09 bits per heavy atom. The largest absolute Gasteiger partial charge is 0.497 e. The molecular weight excluding hydrogens is 285 g/mol. The molecule has 0 saturated heterocycles. The minimum Gasteiger partial charge on any atom is -0.497 e. The molecule has 0 radical (unpaired) electrons. The zero-order valence-electron chi connectivity index (χ0n) is 11.7. The fraction of sp³-hybridized carbons (Fsp3) is 0.0625. The Kier molecular flexibility index (Phi) is 3.65. The normalized spacial score (nSPS) is 10.5. The van der Waals surface area contributed by atoms with E-state index < -0.39 is 0 Å². The lowest BCUT2D eigenvalue weighted by molar-refractivity contribution is 0.111. The molecule has 3 rings (SSSR count). The molecule has 22 heavy (non-hydrogen) atoms. The highest BCUT2D eigenvalue weighted by molar-refractivity contribution is 5.83. The average Bonchev–Trinajstić information content (AvgIpc) is 2.99. The van der Waals surface area contributed by atoms with Gasteiger partial charge in [0.25, 0.3) is 0 Å². The molecule has 0 fully saturated rings. The molecule has 0 aliphatic rings. The third-order valence-electron chi connectivity index (χ3n) is 3.24. The van der Waals surface area contributed by atoms with Crippen molar-refractivity contribution >= 4 is 6.29 Å². The van der Waals surface area contributed by atoms with Crippen LogP contribution in [0.5, 0.6) is 5.75 Å². The summed E-state index contributed by atoms with van der Waals surface area (Å²) in [6, 6.07) is 13.0. The number of aromatic nitrogens is 3. The van der Waals surface area contributed by atoms with E-state index in [9.17, 15) is 9.18 Å². The monoisotopic (exact) mass is 297 g/mol. The molecule has 0 saturated carbocycles. The minimum absolute atomic E-state index is 0.197. The first-order chi connectivity index (χ1) is 10.7. The maximum absolute atomic E-state index is 13.1. The van der Waals surface area contributed by atoms with Gasteiger partial charge in [-0.25, -0.2) is 9.07 Å². The van der Waals surface area contributed by atoms with Crippen molar-refractivity contribution in [1.29, 1.82) is 0 Å². The molecule has 3 aromatic rings. The van der Waals surface area contributed by atoms with Crippen LogP contribution in [-0.4, -0.2) is 28.4 Å². The quantitative estimate of drug-likeness (QED) is 0.695. The second-order valence-corrected chi connectivity index (χ2v) is 4.56. The number of carbonyl (C=O) groups is 1. The number of rotatable bonds is 4. The van der Waals surface area contributed by atoms with E-state index in [1.165, 1.54) is 16.8 Å². The molecule has 0 spiro atoms. The van der Waals surface area contributed by atoms with Gasteiger partial charge < -0.3 is 4.74 Å². The highest BCUT2D eigenvalue weighted by Crippen LogP contribution is 2.25. The third-order valence-corrected chi connectivity index (χ3v) is 3.24. The predicted molar refractivity (Wildman–Crippen MR) is 78.7 cm³/mol. The van der Waals surface area contributed by atoms with Crippen LogP contribution in [0, 0.1) is 5.82 Å². The summed E-state index contributed by atoms with van der Waals surface area (Å²) in [5.41, 5.74) is 2.09. The summed E-state index contributed by atoms with van der Waals surface area (Å²) < 4.78 is 19.8. The van der Waals surface area contributed by atoms with Gasteiger partial charge in [0.1, 0.15) is 17.3 Å². The van der Waals surface area contributed by atoms with E-state index in [4.69, 9.17) is 4.74 Å². The van der Waals surface area contributed by atoms with E-state index in [1.807, 2.05) is 0 Å². The van der Waals surface area contributed by atoms with Crippen LogP contribution in [0.15, 0.2) is 48.5 Å². The molecule has 0 aliphatic carbocycles. The van der Waals surface area contributed by atoms with Gasteiger partial charge in [-0.05, 0) is 48.5 Å². The van der Waals surface area contributed by atoms with Crippen molar-refractivity contribution in [2.24, 2.45) is 0 Å². The fourth-order valence-corrected chi connectivity index (χ4v) is 2.15. The summed E-state index contributed by atoms with van der Waals surface area (Å²) >= 11 is 0. The van der Waals surface area contributed by atoms with Gasteiger partial charge in [0.05, 0.1) is 12.8 Å². The van der Waals surface area contributed by atoms with Crippen molar-refractivity contribution in [2.45, 2.75) is 0 Å². The zero-order valence-corrected chi connectivity index (χ0v) is 11.7. The molecule has 1 aromatic heterocycles. The van der Waals surface area contributed by atoms with Crippen LogP contribution in [0.3, 0.4) is 0 Å². The molecule has 0 unspecified atom stereocenters. The van der Waals surface area contributed by atoms with E-state index in [2.05, 4.69) is 10.3 Å². The molecule has 2 aromatic carbocycles. The lowest BCUT2D eigenvalue weighted by Crippen LogP contribution is -2.00. The fourth-order valence-electron chi connectivity index (χ4n) is 2.15. The highest BCUT2D eigenvalue weighted by atomic mass is 19.1. The second kappa shape index (κ2) is 5.77. The average molecular weight is 297 g/mol. The van der Waals surface area contributed by atoms with Gasteiger partial charge in [0, 0.05) is 5.56 Å². The number of methoxy groups -OCH3 is 1. The SMILES string of the molecule is COc1ccc(-n2nnc(C=O)c2-c2ccc(F)cc2)cc1. The summed E-state index contributed by atoms with van der Waals surface area (Å²) in [7, 11) is 1.58. The first-order valence-electron chi connectivity index (χ1n) is 6.54. The maximum Gasteiger partial charge on any atom is 0.172 e. The topological polar surface area (TPSA) is 57.0 Å². The molecule has 0 aliphatic heterocycles. The Hall–Kier alpha value is -3.02. The Balaban J connectivity index is 2.13. The van der Waals surface area contributed by atoms with E-state index >= 15 is 0 Å². The van der Waals surface area contributed by atoms with E-state index in [0.29, 0.717) is 23.3 Å². The number of benzene rings is 2. The van der Waals surface area contributed by atoms with Gasteiger partial charge in [-0.1, -0.05) is 5.21 Å². The lowest BCUT2D eigenvalue weighted by Gasteiger charge is -2.08. The zero-order chi connectivity index (χ0) is 15.5. The summed E-state index contributed by atoms with van der Waals surface area (Å²) in [4.78, 5) is 11.2. The number of hydrogen-bond acceptors (Lipinski definition) is 4. The van der Waals surface area contributed by atoms with Crippen LogP contribution in [0.25, 0.3) is 16.9 Å². The van der Waals surface area contributed by atoms with Gasteiger partial charge >= 0.3 is 0 Å². The Morgan fingerprint density at radius 2 is 1.77 bits per heavy atom. The van der Waals surface area contributed by atoms with Crippen LogP contribution >= 0.6 is 0 Å². The Morgan fingerprint density at radius 3 is 2.36 bits per heavy atom. The number of nitrogens with zero attached hydrogens (tertiary/aromatic N) is 3. The summed E-state index contributed by atoms with van der Waals surface area (Å²) in [5, 5.41) is 7.88. The van der Waals surface area contributed by atoms with Crippen molar-refractivity contribution in [2.75, 3.05) is 7.11 Å². The first kappa shape index (κ1) is 13.9. The van der Waals surface area contributed by atoms with Crippen molar-refractivity contribution in [3.05, 3.63) is 60.0 Å². The van der Waals surface area contributed by atoms with Gasteiger partial charge in [0.2, 0.25) is 0 Å². The van der Waals surface area contributed by atoms with Crippen molar-refractivity contribution in [1.82, 2.24) is 15.0 Å². The molecule has 1 heterocycles. The van der Waals surface area contributed by atoms with Gasteiger partial charge in [-0.2, -0.15) is 0 Å². The number of hydrogen-bond donors (Lipinski definition) is 0. The lowest BCUT2D eigenvalue weighted by atomic mass is 10.1. The maximum atomic E-state index is 13.1. The van der Waals surface area contributed by atoms with Crippen molar-refractivity contribution in [3.8, 4) is 22.7 Å². The number of aldehydes is 1. The number of halogens is 1. The summed E-state index contributed by atoms with van der Waals surface area (Å²) in [6.45, 7) is 0. The van der Waals surface area contributed by atoms with Gasteiger partial charge in [-0.15, -0.1) is 5.10 Å². The van der Waals surface area contributed by atoms with E-state index in [0.717, 1.165) is 5.69 Å². The molecule has 0 atom stereocenters. The van der Waals surface area contributed by atoms with Crippen LogP contribution in [0.1, 0.15) is 10.5 Å². The minimum atomic E-state index is -0.347. The van der Waals surface area contributed by atoms with Crippen LogP contribution in [-0.2, 0) is 0 Å². The molecule has 0 bridgehead atoms. The van der Waals surface area contributed by atoms with Crippen LogP contribution in [0.2, 0.25) is 0 Å². The second-order valence-electron chi connectivity index (χ2n) is 4.56. The molecule has 110 valence electrons. The predicted octanol–water partition coefficient (Wildman–Crippen LogP) is 2.89. The molecule has 0 N–H and O–H groups in total. The first-order valence-corrected chi connectivity index (χ1v) is 6.54. The van der Waals surface area contributed by atoms with Crippen molar-refractivity contribution in [3.63, 3.8) is 0 Å².